The standard InChI is InChI=1S/C23H25N5O6/c1-28-14-15(13-25-28)12-24-22(31)20(23(32)27-33)26-21(30)18-4-2-16(3-5-18)17-6-8-19(9-7-17)34-11-10-29/h2-9,13-14,20,29,33H,10-12H2,1H3,(H,24,31)(H,26,30)(H,27,32). The maximum atomic E-state index is 12.6. The Morgan fingerprint density at radius 3 is 2.24 bits per heavy atom. The molecule has 0 fully saturated rings. The number of aliphatic hydroxyl groups is 1. The zero-order valence-electron chi connectivity index (χ0n) is 18.4. The Morgan fingerprint density at radius 1 is 1.03 bits per heavy atom. The molecule has 1 heterocycles. The van der Waals surface area contributed by atoms with Crippen LogP contribution >= 0.6 is 0 Å². The Labute approximate surface area is 195 Å². The molecule has 3 amide bonds. The summed E-state index contributed by atoms with van der Waals surface area (Å²) in [5.74, 6) is -1.89. The van der Waals surface area contributed by atoms with Crippen LogP contribution < -0.4 is 20.9 Å². The van der Waals surface area contributed by atoms with Gasteiger partial charge in [0.15, 0.2) is 6.04 Å². The molecule has 3 rings (SSSR count). The number of amides is 3. The monoisotopic (exact) mass is 467 g/mol. The molecule has 2 aromatic carbocycles. The van der Waals surface area contributed by atoms with Crippen LogP contribution in [0.25, 0.3) is 11.1 Å². The topological polar surface area (TPSA) is 155 Å². The number of hydrogen-bond donors (Lipinski definition) is 5. The molecule has 178 valence electrons. The predicted molar refractivity (Wildman–Crippen MR) is 121 cm³/mol. The average molecular weight is 467 g/mol. The van der Waals surface area contributed by atoms with Crippen LogP contribution in [0.2, 0.25) is 0 Å². The van der Waals surface area contributed by atoms with E-state index in [1.54, 1.807) is 60.5 Å². The van der Waals surface area contributed by atoms with Crippen LogP contribution in [-0.4, -0.2) is 57.1 Å². The molecule has 1 unspecified atom stereocenters. The number of aliphatic hydroxyl groups excluding tert-OH is 1. The molecule has 0 aliphatic rings. The highest BCUT2D eigenvalue weighted by atomic mass is 16.5. The molecule has 0 saturated heterocycles. The van der Waals surface area contributed by atoms with Crippen LogP contribution in [-0.2, 0) is 23.2 Å². The van der Waals surface area contributed by atoms with Gasteiger partial charge >= 0.3 is 0 Å². The van der Waals surface area contributed by atoms with E-state index in [0.717, 1.165) is 11.1 Å². The smallest absolute Gasteiger partial charge is 0.275 e. The van der Waals surface area contributed by atoms with Gasteiger partial charge in [0.05, 0.1) is 12.8 Å². The van der Waals surface area contributed by atoms with Gasteiger partial charge in [-0.2, -0.15) is 5.10 Å². The first-order valence-corrected chi connectivity index (χ1v) is 10.4. The lowest BCUT2D eigenvalue weighted by Crippen LogP contribution is -2.54. The molecule has 5 N–H and O–H groups in total. The highest BCUT2D eigenvalue weighted by Gasteiger charge is 2.28. The molecule has 0 spiro atoms. The Balaban J connectivity index is 1.64. The molecule has 34 heavy (non-hydrogen) atoms. The van der Waals surface area contributed by atoms with Crippen molar-refractivity contribution in [3.8, 4) is 16.9 Å². The van der Waals surface area contributed by atoms with Crippen LogP contribution in [0.15, 0.2) is 60.9 Å². The van der Waals surface area contributed by atoms with E-state index in [9.17, 15) is 14.4 Å². The van der Waals surface area contributed by atoms with Crippen LogP contribution in [0.5, 0.6) is 5.75 Å². The van der Waals surface area contributed by atoms with E-state index < -0.39 is 23.8 Å². The molecule has 0 aliphatic heterocycles. The molecule has 11 nitrogen and oxygen atoms in total. The van der Waals surface area contributed by atoms with Gasteiger partial charge in [0.25, 0.3) is 17.7 Å². The van der Waals surface area contributed by atoms with Gasteiger partial charge in [-0.25, -0.2) is 5.48 Å². The average Bonchev–Trinajstić information content (AvgIpc) is 3.29. The summed E-state index contributed by atoms with van der Waals surface area (Å²) >= 11 is 0. The quantitative estimate of drug-likeness (QED) is 0.164. The van der Waals surface area contributed by atoms with E-state index in [4.69, 9.17) is 15.1 Å². The summed E-state index contributed by atoms with van der Waals surface area (Å²) in [5.41, 5.74) is 4.05. The summed E-state index contributed by atoms with van der Waals surface area (Å²) < 4.78 is 6.89. The van der Waals surface area contributed by atoms with Crippen molar-refractivity contribution >= 4 is 17.7 Å². The van der Waals surface area contributed by atoms with Crippen molar-refractivity contribution in [2.45, 2.75) is 12.6 Å². The zero-order valence-corrected chi connectivity index (χ0v) is 18.4. The number of aryl methyl sites for hydroxylation is 1. The van der Waals surface area contributed by atoms with Gasteiger partial charge < -0.3 is 20.5 Å². The first-order chi connectivity index (χ1) is 16.4. The van der Waals surface area contributed by atoms with Crippen LogP contribution in [0, 0.1) is 0 Å². The molecule has 3 aromatic rings. The maximum Gasteiger partial charge on any atom is 0.275 e. The van der Waals surface area contributed by atoms with Crippen molar-refractivity contribution in [1.29, 1.82) is 0 Å². The number of rotatable bonds is 10. The van der Waals surface area contributed by atoms with Crippen molar-refractivity contribution in [2.24, 2.45) is 7.05 Å². The number of ether oxygens (including phenoxy) is 1. The van der Waals surface area contributed by atoms with Gasteiger partial charge in [-0.05, 0) is 35.4 Å². The summed E-state index contributed by atoms with van der Waals surface area (Å²) in [4.78, 5) is 37.1. The lowest BCUT2D eigenvalue weighted by atomic mass is 10.0. The number of hydrogen-bond acceptors (Lipinski definition) is 7. The largest absolute Gasteiger partial charge is 0.491 e. The highest BCUT2D eigenvalue weighted by molar-refractivity contribution is 6.08. The minimum absolute atomic E-state index is 0.0712. The summed E-state index contributed by atoms with van der Waals surface area (Å²) in [5, 5.41) is 26.7. The van der Waals surface area contributed by atoms with Crippen molar-refractivity contribution < 1.29 is 29.4 Å². The molecule has 0 aliphatic carbocycles. The normalized spacial score (nSPS) is 11.4. The number of hydroxylamine groups is 1. The van der Waals surface area contributed by atoms with E-state index in [0.29, 0.717) is 11.3 Å². The van der Waals surface area contributed by atoms with Gasteiger partial charge in [0.1, 0.15) is 12.4 Å². The van der Waals surface area contributed by atoms with E-state index in [1.165, 1.54) is 5.48 Å². The second kappa shape index (κ2) is 11.6. The van der Waals surface area contributed by atoms with E-state index in [-0.39, 0.29) is 25.3 Å². The zero-order chi connectivity index (χ0) is 24.5. The number of carbonyl (C=O) groups is 3. The van der Waals surface area contributed by atoms with Gasteiger partial charge in [0.2, 0.25) is 0 Å². The predicted octanol–water partition coefficient (Wildman–Crippen LogP) is 0.378. The summed E-state index contributed by atoms with van der Waals surface area (Å²) in [6.07, 6.45) is 3.24. The number of benzene rings is 2. The van der Waals surface area contributed by atoms with Gasteiger partial charge in [-0.1, -0.05) is 24.3 Å². The number of nitrogens with one attached hydrogen (secondary N) is 3. The fourth-order valence-corrected chi connectivity index (χ4v) is 3.10. The molecule has 0 saturated carbocycles. The lowest BCUT2D eigenvalue weighted by Gasteiger charge is -2.16. The third-order valence-corrected chi connectivity index (χ3v) is 4.83. The second-order valence-corrected chi connectivity index (χ2v) is 7.30. The third-order valence-electron chi connectivity index (χ3n) is 4.83. The van der Waals surface area contributed by atoms with E-state index in [2.05, 4.69) is 15.7 Å². The van der Waals surface area contributed by atoms with Gasteiger partial charge in [0, 0.05) is 30.9 Å². The number of nitrogens with zero attached hydrogens (tertiary/aromatic N) is 2. The Kier molecular flexibility index (Phi) is 8.32. The van der Waals surface area contributed by atoms with E-state index >= 15 is 0 Å². The fourth-order valence-electron chi connectivity index (χ4n) is 3.10. The Morgan fingerprint density at radius 2 is 1.68 bits per heavy atom. The van der Waals surface area contributed by atoms with Gasteiger partial charge in [-0.15, -0.1) is 0 Å². The second-order valence-electron chi connectivity index (χ2n) is 7.30. The minimum atomic E-state index is -1.64. The van der Waals surface area contributed by atoms with Crippen molar-refractivity contribution in [1.82, 2.24) is 25.9 Å². The molecule has 0 radical (unpaired) electrons. The first-order valence-electron chi connectivity index (χ1n) is 10.4. The Hall–Kier alpha value is -4.22. The summed E-state index contributed by atoms with van der Waals surface area (Å²) in [6.45, 7) is 0.231. The van der Waals surface area contributed by atoms with Crippen molar-refractivity contribution in [3.63, 3.8) is 0 Å². The molecule has 1 aromatic heterocycles. The molecular formula is C23H25N5O6. The lowest BCUT2D eigenvalue weighted by molar-refractivity contribution is -0.137. The van der Waals surface area contributed by atoms with Crippen LogP contribution in [0.1, 0.15) is 15.9 Å². The van der Waals surface area contributed by atoms with Crippen molar-refractivity contribution in [2.75, 3.05) is 13.2 Å². The first kappa shape index (κ1) is 24.4. The molecular weight excluding hydrogens is 442 g/mol. The van der Waals surface area contributed by atoms with E-state index in [1.807, 2.05) is 12.1 Å². The molecule has 11 heteroatoms. The number of aromatic nitrogens is 2. The summed E-state index contributed by atoms with van der Waals surface area (Å²) in [6, 6.07) is 12.2. The maximum absolute atomic E-state index is 12.6. The molecule has 0 bridgehead atoms. The molecule has 1 atom stereocenters. The highest BCUT2D eigenvalue weighted by Crippen LogP contribution is 2.23. The van der Waals surface area contributed by atoms with Gasteiger partial charge in [-0.3, -0.25) is 24.3 Å². The summed E-state index contributed by atoms with van der Waals surface area (Å²) in [7, 11) is 1.72. The van der Waals surface area contributed by atoms with Crippen LogP contribution in [0.4, 0.5) is 0 Å². The van der Waals surface area contributed by atoms with Crippen molar-refractivity contribution in [3.05, 3.63) is 72.1 Å². The SMILES string of the molecule is Cn1cc(CNC(=O)C(NC(=O)c2ccc(-c3ccc(OCCO)cc3)cc2)C(=O)NO)cn1. The Bertz CT molecular complexity index is 1130. The van der Waals surface area contributed by atoms with Crippen LogP contribution in [0.3, 0.4) is 0 Å². The number of carbonyl (C=O) groups excluding carboxylic acids is 3. The minimum Gasteiger partial charge on any atom is -0.491 e. The third kappa shape index (κ3) is 6.40. The fraction of sp³-hybridized carbons (Fsp3) is 0.217.